The summed E-state index contributed by atoms with van der Waals surface area (Å²) in [6.45, 7) is 15.4. The molecule has 4 nitrogen and oxygen atoms in total. The van der Waals surface area contributed by atoms with Gasteiger partial charge in [-0.2, -0.15) is 0 Å². The molecule has 0 bridgehead atoms. The fourth-order valence-corrected chi connectivity index (χ4v) is 2.73. The van der Waals surface area contributed by atoms with Crippen molar-refractivity contribution < 1.29 is 0 Å². The van der Waals surface area contributed by atoms with Crippen LogP contribution in [-0.4, -0.2) is 43.0 Å². The molecule has 0 aromatic heterocycles. The van der Waals surface area contributed by atoms with Gasteiger partial charge in [0.05, 0.1) is 6.20 Å². The predicted octanol–water partition coefficient (Wildman–Crippen LogP) is 3.15. The number of hydrogen-bond donors (Lipinski definition) is 1. The van der Waals surface area contributed by atoms with E-state index in [1.165, 1.54) is 11.1 Å². The fourth-order valence-electron chi connectivity index (χ4n) is 2.73. The molecule has 1 saturated heterocycles. The average Bonchev–Trinajstić information content (AvgIpc) is 2.51. The highest BCUT2D eigenvalue weighted by Crippen LogP contribution is 2.17. The second-order valence-corrected chi connectivity index (χ2v) is 6.44. The van der Waals surface area contributed by atoms with Gasteiger partial charge in [0, 0.05) is 37.8 Å². The SMILES string of the molecule is C=N/C(=C\N=C1C=C(C)C(C)=CC1)N1CCNC(C(C)C)C1. The molecule has 0 aromatic rings. The Morgan fingerprint density at radius 2 is 2.18 bits per heavy atom. The van der Waals surface area contributed by atoms with E-state index in [0.717, 1.165) is 37.6 Å². The lowest BCUT2D eigenvalue weighted by Crippen LogP contribution is -2.52. The molecule has 0 saturated carbocycles. The normalized spacial score (nSPS) is 25.3. The Hall–Kier alpha value is -1.68. The first-order valence-electron chi connectivity index (χ1n) is 8.08. The van der Waals surface area contributed by atoms with Crippen molar-refractivity contribution in [3.63, 3.8) is 0 Å². The summed E-state index contributed by atoms with van der Waals surface area (Å²) in [7, 11) is 0. The third-order valence-corrected chi connectivity index (χ3v) is 4.46. The highest BCUT2D eigenvalue weighted by Gasteiger charge is 2.22. The zero-order valence-electron chi connectivity index (χ0n) is 14.3. The zero-order chi connectivity index (χ0) is 16.1. The second-order valence-electron chi connectivity index (χ2n) is 6.44. The third-order valence-electron chi connectivity index (χ3n) is 4.46. The van der Waals surface area contributed by atoms with Crippen LogP contribution in [0.15, 0.2) is 45.3 Å². The maximum Gasteiger partial charge on any atom is 0.146 e. The Morgan fingerprint density at radius 1 is 1.41 bits per heavy atom. The van der Waals surface area contributed by atoms with E-state index < -0.39 is 0 Å². The van der Waals surface area contributed by atoms with Gasteiger partial charge in [-0.25, -0.2) is 4.99 Å². The van der Waals surface area contributed by atoms with Gasteiger partial charge in [-0.05, 0) is 38.1 Å². The molecule has 2 rings (SSSR count). The van der Waals surface area contributed by atoms with Gasteiger partial charge in [-0.1, -0.05) is 25.5 Å². The Kier molecular flexibility index (Phi) is 5.72. The first-order valence-corrected chi connectivity index (χ1v) is 8.08. The Bertz CT molecular complexity index is 537. The van der Waals surface area contributed by atoms with Crippen molar-refractivity contribution in [1.82, 2.24) is 10.2 Å². The minimum absolute atomic E-state index is 0.494. The van der Waals surface area contributed by atoms with Crippen LogP contribution in [-0.2, 0) is 0 Å². The third kappa shape index (κ3) is 4.17. The van der Waals surface area contributed by atoms with Gasteiger partial charge >= 0.3 is 0 Å². The van der Waals surface area contributed by atoms with Gasteiger partial charge in [0.15, 0.2) is 0 Å². The number of piperazine rings is 1. The minimum atomic E-state index is 0.494. The average molecular weight is 300 g/mol. The summed E-state index contributed by atoms with van der Waals surface area (Å²) in [5.41, 5.74) is 3.71. The lowest BCUT2D eigenvalue weighted by molar-refractivity contribution is 0.212. The predicted molar refractivity (Wildman–Crippen MR) is 95.4 cm³/mol. The number of aliphatic imine (C=N–C) groups is 2. The van der Waals surface area contributed by atoms with E-state index in [-0.39, 0.29) is 0 Å². The molecule has 0 aromatic carbocycles. The van der Waals surface area contributed by atoms with Crippen molar-refractivity contribution >= 4 is 12.4 Å². The molecule has 1 aliphatic heterocycles. The van der Waals surface area contributed by atoms with Crippen molar-refractivity contribution in [2.75, 3.05) is 19.6 Å². The molecule has 2 aliphatic rings. The van der Waals surface area contributed by atoms with Crippen molar-refractivity contribution in [3.8, 4) is 0 Å². The summed E-state index contributed by atoms with van der Waals surface area (Å²) in [6, 6.07) is 0.494. The van der Waals surface area contributed by atoms with Crippen LogP contribution in [0, 0.1) is 5.92 Å². The van der Waals surface area contributed by atoms with Crippen molar-refractivity contribution in [2.45, 2.75) is 40.2 Å². The van der Waals surface area contributed by atoms with E-state index in [0.29, 0.717) is 12.0 Å². The van der Waals surface area contributed by atoms with Gasteiger partial charge in [-0.3, -0.25) is 4.99 Å². The molecule has 0 spiro atoms. The van der Waals surface area contributed by atoms with Crippen LogP contribution >= 0.6 is 0 Å². The van der Waals surface area contributed by atoms with Crippen molar-refractivity contribution in [2.24, 2.45) is 15.9 Å². The maximum absolute atomic E-state index is 4.62. The summed E-state index contributed by atoms with van der Waals surface area (Å²) < 4.78 is 0. The van der Waals surface area contributed by atoms with Crippen LogP contribution in [0.1, 0.15) is 34.1 Å². The van der Waals surface area contributed by atoms with Crippen LogP contribution in [0.25, 0.3) is 0 Å². The molecule has 22 heavy (non-hydrogen) atoms. The summed E-state index contributed by atoms with van der Waals surface area (Å²) in [5.74, 6) is 1.48. The summed E-state index contributed by atoms with van der Waals surface area (Å²) in [4.78, 5) is 11.1. The first-order chi connectivity index (χ1) is 10.5. The standard InChI is InChI=1S/C18H28N4/c1-13(2)17-12-22(9-8-20-17)18(19-5)11-21-16-7-6-14(3)15(4)10-16/h6,10-11,13,17,20H,5,7-9,12H2,1-4H3/b18-11+,21-16?. The Balaban J connectivity index is 2.10. The van der Waals surface area contributed by atoms with Crippen molar-refractivity contribution in [1.29, 1.82) is 0 Å². The van der Waals surface area contributed by atoms with Crippen LogP contribution < -0.4 is 5.32 Å². The molecule has 1 aliphatic carbocycles. The second kappa shape index (κ2) is 7.54. The lowest BCUT2D eigenvalue weighted by atomic mass is 9.99. The summed E-state index contributed by atoms with van der Waals surface area (Å²) in [5, 5.41) is 3.56. The number of nitrogens with one attached hydrogen (secondary N) is 1. The molecular weight excluding hydrogens is 272 g/mol. The quantitative estimate of drug-likeness (QED) is 0.810. The van der Waals surface area contributed by atoms with E-state index in [1.807, 2.05) is 6.20 Å². The van der Waals surface area contributed by atoms with Gasteiger partial charge in [0.25, 0.3) is 0 Å². The maximum atomic E-state index is 4.62. The van der Waals surface area contributed by atoms with Crippen LogP contribution in [0.2, 0.25) is 0 Å². The zero-order valence-corrected chi connectivity index (χ0v) is 14.3. The molecule has 120 valence electrons. The Labute approximate surface area is 134 Å². The molecule has 0 radical (unpaired) electrons. The van der Waals surface area contributed by atoms with Crippen LogP contribution in [0.4, 0.5) is 0 Å². The molecular formula is C18H28N4. The Morgan fingerprint density at radius 3 is 2.82 bits per heavy atom. The van der Waals surface area contributed by atoms with Gasteiger partial charge in [-0.15, -0.1) is 0 Å². The number of nitrogens with zero attached hydrogens (tertiary/aromatic N) is 3. The van der Waals surface area contributed by atoms with Gasteiger partial charge in [0.1, 0.15) is 5.82 Å². The van der Waals surface area contributed by atoms with Crippen LogP contribution in [0.3, 0.4) is 0 Å². The molecule has 1 heterocycles. The number of allylic oxidation sites excluding steroid dienone is 4. The lowest BCUT2D eigenvalue weighted by Gasteiger charge is -2.36. The molecule has 1 atom stereocenters. The molecule has 0 amide bonds. The fraction of sp³-hybridized carbons (Fsp3) is 0.556. The van der Waals surface area contributed by atoms with E-state index in [2.05, 4.69) is 66.8 Å². The monoisotopic (exact) mass is 300 g/mol. The van der Waals surface area contributed by atoms with E-state index in [4.69, 9.17) is 0 Å². The van der Waals surface area contributed by atoms with Crippen LogP contribution in [0.5, 0.6) is 0 Å². The number of rotatable bonds is 4. The molecule has 1 fully saturated rings. The van der Waals surface area contributed by atoms with Gasteiger partial charge < -0.3 is 10.2 Å². The van der Waals surface area contributed by atoms with E-state index in [1.54, 1.807) is 0 Å². The number of hydrogen-bond acceptors (Lipinski definition) is 4. The highest BCUT2D eigenvalue weighted by molar-refractivity contribution is 5.98. The smallest absolute Gasteiger partial charge is 0.146 e. The first kappa shape index (κ1) is 16.7. The topological polar surface area (TPSA) is 40.0 Å². The summed E-state index contributed by atoms with van der Waals surface area (Å²) >= 11 is 0. The van der Waals surface area contributed by atoms with Gasteiger partial charge in [0.2, 0.25) is 0 Å². The largest absolute Gasteiger partial charge is 0.353 e. The van der Waals surface area contributed by atoms with E-state index in [9.17, 15) is 0 Å². The molecule has 1 unspecified atom stereocenters. The highest BCUT2D eigenvalue weighted by atomic mass is 15.3. The molecule has 4 heteroatoms. The van der Waals surface area contributed by atoms with Crippen molar-refractivity contribution in [3.05, 3.63) is 35.3 Å². The summed E-state index contributed by atoms with van der Waals surface area (Å²) in [6.07, 6.45) is 7.13. The molecule has 1 N–H and O–H groups in total. The van der Waals surface area contributed by atoms with E-state index >= 15 is 0 Å². The minimum Gasteiger partial charge on any atom is -0.353 e.